The van der Waals surface area contributed by atoms with Crippen molar-refractivity contribution in [1.82, 2.24) is 0 Å². The van der Waals surface area contributed by atoms with Crippen LogP contribution in [0.1, 0.15) is 0 Å². The number of methoxy groups -OCH3 is 4. The van der Waals surface area contributed by atoms with Crippen molar-refractivity contribution in [2.75, 3.05) is 49.3 Å². The molecule has 0 spiro atoms. The molecule has 0 aliphatic rings. The molecule has 0 radical (unpaired) electrons. The van der Waals surface area contributed by atoms with Crippen LogP contribution in [0.5, 0.6) is 23.0 Å². The molecule has 2 N–H and O–H groups in total. The van der Waals surface area contributed by atoms with Gasteiger partial charge in [0.1, 0.15) is 23.9 Å². The molecule has 0 atom stereocenters. The fraction of sp³-hybridized carbons (Fsp3) is 0.167. The molecular weight excluding hydrogens is 629 g/mol. The minimum absolute atomic E-state index is 0.0295. The Bertz CT molecular complexity index is 1890. The van der Waals surface area contributed by atoms with Crippen molar-refractivity contribution >= 4 is 43.0 Å². The third-order valence-electron chi connectivity index (χ3n) is 6.44. The van der Waals surface area contributed by atoms with E-state index >= 15 is 0 Å². The monoisotopic (exact) mass is 659 g/mol. The number of nitrogens with zero attached hydrogens (tertiary/aromatic N) is 1. The van der Waals surface area contributed by atoms with Crippen molar-refractivity contribution in [1.29, 1.82) is 0 Å². The van der Waals surface area contributed by atoms with Gasteiger partial charge in [-0.1, -0.05) is 0 Å². The Morgan fingerprint density at radius 3 is 1.91 bits per heavy atom. The smallest absolute Gasteiger partial charge is 0.264 e. The lowest BCUT2D eigenvalue weighted by Gasteiger charge is -2.24. The van der Waals surface area contributed by atoms with Crippen LogP contribution in [0.2, 0.25) is 0 Å². The molecular formula is C30H30FN3O9S2. The van der Waals surface area contributed by atoms with Crippen molar-refractivity contribution in [3.63, 3.8) is 0 Å². The summed E-state index contributed by atoms with van der Waals surface area (Å²) in [7, 11) is -2.85. The third-order valence-corrected chi connectivity index (χ3v) is 9.60. The van der Waals surface area contributed by atoms with E-state index in [2.05, 4.69) is 10.0 Å². The maximum absolute atomic E-state index is 13.7. The van der Waals surface area contributed by atoms with E-state index in [-0.39, 0.29) is 38.4 Å². The lowest BCUT2D eigenvalue weighted by atomic mass is 10.3. The van der Waals surface area contributed by atoms with Gasteiger partial charge in [-0.25, -0.2) is 21.2 Å². The third kappa shape index (κ3) is 7.56. The van der Waals surface area contributed by atoms with Gasteiger partial charge in [0.15, 0.2) is 11.5 Å². The summed E-state index contributed by atoms with van der Waals surface area (Å²) in [6.07, 6.45) is 0. The number of carbonyl (C=O) groups excluding carboxylic acids is 1. The number of halogens is 1. The first kappa shape index (κ1) is 32.9. The quantitative estimate of drug-likeness (QED) is 0.212. The van der Waals surface area contributed by atoms with E-state index in [1.165, 1.54) is 89.1 Å². The van der Waals surface area contributed by atoms with Gasteiger partial charge in [0, 0.05) is 17.8 Å². The fourth-order valence-electron chi connectivity index (χ4n) is 4.17. The highest BCUT2D eigenvalue weighted by Crippen LogP contribution is 2.33. The Morgan fingerprint density at radius 1 is 0.711 bits per heavy atom. The maximum atomic E-state index is 13.7. The highest BCUT2D eigenvalue weighted by molar-refractivity contribution is 7.93. The van der Waals surface area contributed by atoms with Gasteiger partial charge in [-0.2, -0.15) is 0 Å². The van der Waals surface area contributed by atoms with Crippen molar-refractivity contribution in [2.24, 2.45) is 0 Å². The van der Waals surface area contributed by atoms with E-state index in [0.717, 1.165) is 16.4 Å². The largest absolute Gasteiger partial charge is 0.497 e. The molecule has 12 nitrogen and oxygen atoms in total. The second-order valence-electron chi connectivity index (χ2n) is 9.25. The molecule has 0 fully saturated rings. The Labute approximate surface area is 260 Å². The van der Waals surface area contributed by atoms with Crippen LogP contribution in [0.4, 0.5) is 21.5 Å². The van der Waals surface area contributed by atoms with Gasteiger partial charge in [0.2, 0.25) is 5.91 Å². The Morgan fingerprint density at radius 2 is 1.31 bits per heavy atom. The zero-order chi connectivity index (χ0) is 32.8. The first-order valence-electron chi connectivity index (χ1n) is 13.1. The highest BCUT2D eigenvalue weighted by Gasteiger charge is 2.29. The molecule has 0 bridgehead atoms. The minimum atomic E-state index is -4.37. The molecule has 0 aromatic heterocycles. The summed E-state index contributed by atoms with van der Waals surface area (Å²) in [5, 5.41) is 2.56. The average molecular weight is 660 g/mol. The van der Waals surface area contributed by atoms with Crippen LogP contribution in [0.3, 0.4) is 0 Å². The zero-order valence-corrected chi connectivity index (χ0v) is 26.2. The molecule has 0 unspecified atom stereocenters. The van der Waals surface area contributed by atoms with Gasteiger partial charge < -0.3 is 24.3 Å². The predicted octanol–water partition coefficient (Wildman–Crippen LogP) is 4.49. The number of rotatable bonds is 13. The molecule has 0 saturated carbocycles. The Kier molecular flexibility index (Phi) is 10.0. The lowest BCUT2D eigenvalue weighted by molar-refractivity contribution is -0.114. The number of hydrogen-bond acceptors (Lipinski definition) is 9. The first-order valence-corrected chi connectivity index (χ1v) is 16.0. The van der Waals surface area contributed by atoms with Crippen LogP contribution < -0.4 is 33.3 Å². The van der Waals surface area contributed by atoms with Crippen molar-refractivity contribution < 1.29 is 45.0 Å². The molecule has 4 aromatic rings. The van der Waals surface area contributed by atoms with E-state index in [0.29, 0.717) is 11.5 Å². The van der Waals surface area contributed by atoms with Gasteiger partial charge in [-0.15, -0.1) is 0 Å². The number of benzene rings is 4. The summed E-state index contributed by atoms with van der Waals surface area (Å²) in [5.74, 6) is -0.215. The summed E-state index contributed by atoms with van der Waals surface area (Å²) in [5.41, 5.74) is 0.383. The molecule has 0 aliphatic carbocycles. The second-order valence-corrected chi connectivity index (χ2v) is 12.8. The standard InChI is InChI=1S/C30H30FN3O9S2/c1-40-23-11-15-27(41-2)26(17-23)33-44(36,37)24-12-7-21(8-13-24)32-30(35)19-34(22-9-5-20(31)6-10-22)45(38,39)25-14-16-28(42-3)29(18-25)43-4/h5-18,33H,19H2,1-4H3,(H,32,35). The van der Waals surface area contributed by atoms with Crippen LogP contribution in [0.25, 0.3) is 0 Å². The van der Waals surface area contributed by atoms with Gasteiger partial charge in [-0.3, -0.25) is 13.8 Å². The van der Waals surface area contributed by atoms with Crippen molar-refractivity contribution in [3.05, 3.63) is 90.7 Å². The van der Waals surface area contributed by atoms with E-state index < -0.39 is 38.3 Å². The molecule has 238 valence electrons. The van der Waals surface area contributed by atoms with Gasteiger partial charge in [-0.05, 0) is 72.8 Å². The number of ether oxygens (including phenoxy) is 4. The molecule has 4 rings (SSSR count). The Hall–Kier alpha value is -5.02. The van der Waals surface area contributed by atoms with E-state index in [1.807, 2.05) is 0 Å². The van der Waals surface area contributed by atoms with Crippen molar-refractivity contribution in [2.45, 2.75) is 9.79 Å². The number of nitrogens with one attached hydrogen (secondary N) is 2. The maximum Gasteiger partial charge on any atom is 0.264 e. The van der Waals surface area contributed by atoms with Gasteiger partial charge in [0.25, 0.3) is 20.0 Å². The van der Waals surface area contributed by atoms with E-state index in [4.69, 9.17) is 18.9 Å². The van der Waals surface area contributed by atoms with E-state index in [9.17, 15) is 26.0 Å². The highest BCUT2D eigenvalue weighted by atomic mass is 32.2. The second kappa shape index (κ2) is 13.7. The van der Waals surface area contributed by atoms with Crippen LogP contribution in [0, 0.1) is 5.82 Å². The van der Waals surface area contributed by atoms with Crippen LogP contribution in [-0.2, 0) is 24.8 Å². The van der Waals surface area contributed by atoms with Crippen molar-refractivity contribution in [3.8, 4) is 23.0 Å². The lowest BCUT2D eigenvalue weighted by Crippen LogP contribution is -2.38. The normalized spacial score (nSPS) is 11.3. The molecule has 15 heteroatoms. The summed E-state index contributed by atoms with van der Waals surface area (Å²) < 4.78 is 91.3. The number of hydrogen-bond donors (Lipinski definition) is 2. The summed E-state index contributed by atoms with van der Waals surface area (Å²) >= 11 is 0. The SMILES string of the molecule is COc1ccc(OC)c(NS(=O)(=O)c2ccc(NC(=O)CN(c3ccc(F)cc3)S(=O)(=O)c3ccc(OC)c(OC)c3)cc2)c1. The van der Waals surface area contributed by atoms with Crippen LogP contribution in [-0.4, -0.2) is 57.7 Å². The molecule has 4 aromatic carbocycles. The summed E-state index contributed by atoms with van der Waals surface area (Å²) in [6.45, 7) is -0.695. The molecule has 0 saturated heterocycles. The molecule has 0 aliphatic heterocycles. The number of sulfonamides is 2. The summed E-state index contributed by atoms with van der Waals surface area (Å²) in [6, 6.07) is 18.4. The Balaban J connectivity index is 1.56. The topological polar surface area (TPSA) is 150 Å². The van der Waals surface area contributed by atoms with Gasteiger partial charge >= 0.3 is 0 Å². The average Bonchev–Trinajstić information content (AvgIpc) is 3.03. The van der Waals surface area contributed by atoms with E-state index in [1.54, 1.807) is 12.1 Å². The number of amides is 1. The fourth-order valence-corrected chi connectivity index (χ4v) is 6.67. The zero-order valence-electron chi connectivity index (χ0n) is 24.6. The number of carbonyl (C=O) groups is 1. The van der Waals surface area contributed by atoms with Crippen LogP contribution >= 0.6 is 0 Å². The van der Waals surface area contributed by atoms with Crippen LogP contribution in [0.15, 0.2) is 94.7 Å². The minimum Gasteiger partial charge on any atom is -0.497 e. The summed E-state index contributed by atoms with van der Waals surface area (Å²) in [4.78, 5) is 12.8. The molecule has 0 heterocycles. The molecule has 45 heavy (non-hydrogen) atoms. The molecule has 1 amide bonds. The predicted molar refractivity (Wildman–Crippen MR) is 166 cm³/mol. The number of anilines is 3. The van der Waals surface area contributed by atoms with Gasteiger partial charge in [0.05, 0.1) is 49.6 Å². The first-order chi connectivity index (χ1) is 21.4.